The van der Waals surface area contributed by atoms with Gasteiger partial charge < -0.3 is 10.3 Å². The number of benzene rings is 1. The summed E-state index contributed by atoms with van der Waals surface area (Å²) in [6, 6.07) is 11.1. The molecule has 0 unspecified atom stereocenters. The van der Waals surface area contributed by atoms with E-state index >= 15 is 0 Å². The van der Waals surface area contributed by atoms with E-state index in [1.807, 2.05) is 36.7 Å². The SMILES string of the molecule is Cc1nc2cc(-c3nc(C#N)ccc3C(C=NCC(C)(C)C(C)(F)F)=CN)ccc2n1C. The fourth-order valence-electron chi connectivity index (χ4n) is 3.16. The molecule has 0 aliphatic heterocycles. The average Bonchev–Trinajstić information content (AvgIpc) is 3.03. The molecule has 0 spiro atoms. The second-order valence-corrected chi connectivity index (χ2v) is 8.49. The van der Waals surface area contributed by atoms with Gasteiger partial charge in [-0.15, -0.1) is 0 Å². The van der Waals surface area contributed by atoms with E-state index in [2.05, 4.69) is 21.0 Å². The van der Waals surface area contributed by atoms with Crippen molar-refractivity contribution >= 4 is 22.8 Å². The van der Waals surface area contributed by atoms with Crippen LogP contribution >= 0.6 is 0 Å². The van der Waals surface area contributed by atoms with Gasteiger partial charge >= 0.3 is 0 Å². The molecule has 2 aromatic heterocycles. The Morgan fingerprint density at radius 3 is 2.56 bits per heavy atom. The number of rotatable bonds is 6. The van der Waals surface area contributed by atoms with Gasteiger partial charge in [0.15, 0.2) is 0 Å². The average molecular weight is 437 g/mol. The molecule has 2 N–H and O–H groups in total. The number of imidazole rings is 1. The first kappa shape index (κ1) is 23.1. The maximum Gasteiger partial charge on any atom is 0.252 e. The fourth-order valence-corrected chi connectivity index (χ4v) is 3.16. The van der Waals surface area contributed by atoms with E-state index in [4.69, 9.17) is 5.73 Å². The summed E-state index contributed by atoms with van der Waals surface area (Å²) in [6.07, 6.45) is 2.83. The van der Waals surface area contributed by atoms with Crippen molar-refractivity contribution < 1.29 is 8.78 Å². The fraction of sp³-hybridized carbons (Fsp3) is 0.333. The summed E-state index contributed by atoms with van der Waals surface area (Å²) in [5.41, 5.74) is 9.04. The predicted octanol–water partition coefficient (Wildman–Crippen LogP) is 4.87. The van der Waals surface area contributed by atoms with E-state index in [9.17, 15) is 14.0 Å². The molecule has 0 radical (unpaired) electrons. The van der Waals surface area contributed by atoms with Gasteiger partial charge in [0.1, 0.15) is 17.6 Å². The van der Waals surface area contributed by atoms with E-state index < -0.39 is 11.3 Å². The van der Waals surface area contributed by atoms with Gasteiger partial charge in [0, 0.05) is 48.1 Å². The number of alkyl halides is 2. The standard InChI is InChI=1S/C24H26F2N6/c1-15-30-20-10-16(6-9-21(20)32(15)5)22-19(8-7-18(12-28)31-22)17(11-27)13-29-14-23(2,3)24(4,25)26/h6-11,13H,14,27H2,1-5H3. The van der Waals surface area contributed by atoms with Crippen LogP contribution in [0.4, 0.5) is 8.78 Å². The smallest absolute Gasteiger partial charge is 0.252 e. The molecule has 2 heterocycles. The minimum Gasteiger partial charge on any atom is -0.404 e. The van der Waals surface area contributed by atoms with Crippen molar-refractivity contribution in [1.29, 1.82) is 5.26 Å². The molecule has 0 fully saturated rings. The third-order valence-electron chi connectivity index (χ3n) is 5.78. The number of nitriles is 1. The summed E-state index contributed by atoms with van der Waals surface area (Å²) in [4.78, 5) is 13.3. The zero-order chi connectivity index (χ0) is 23.7. The van der Waals surface area contributed by atoms with Gasteiger partial charge in [-0.2, -0.15) is 5.26 Å². The van der Waals surface area contributed by atoms with Crippen molar-refractivity contribution in [1.82, 2.24) is 14.5 Å². The molecule has 3 aromatic rings. The lowest BCUT2D eigenvalue weighted by Crippen LogP contribution is -2.36. The van der Waals surface area contributed by atoms with Crippen molar-refractivity contribution in [3.63, 3.8) is 0 Å². The third-order valence-corrected chi connectivity index (χ3v) is 5.78. The number of hydrogen-bond donors (Lipinski definition) is 1. The number of hydrogen-bond acceptors (Lipinski definition) is 5. The number of fused-ring (bicyclic) bond motifs is 1. The monoisotopic (exact) mass is 436 g/mol. The van der Waals surface area contributed by atoms with Crippen LogP contribution in [0.15, 0.2) is 41.5 Å². The molecule has 0 amide bonds. The van der Waals surface area contributed by atoms with E-state index in [-0.39, 0.29) is 12.2 Å². The molecule has 8 heteroatoms. The largest absolute Gasteiger partial charge is 0.404 e. The number of allylic oxidation sites excluding steroid dienone is 1. The third kappa shape index (κ3) is 4.37. The van der Waals surface area contributed by atoms with Crippen LogP contribution in [0.25, 0.3) is 27.9 Å². The van der Waals surface area contributed by atoms with Crippen LogP contribution < -0.4 is 5.73 Å². The Bertz CT molecular complexity index is 1260. The van der Waals surface area contributed by atoms with Crippen LogP contribution in [0.5, 0.6) is 0 Å². The lowest BCUT2D eigenvalue weighted by Gasteiger charge is -2.29. The molecule has 0 saturated carbocycles. The van der Waals surface area contributed by atoms with Crippen LogP contribution in [0, 0.1) is 23.7 Å². The van der Waals surface area contributed by atoms with Crippen molar-refractivity contribution in [3.8, 4) is 17.3 Å². The molecule has 1 aromatic carbocycles. The molecule has 3 rings (SSSR count). The molecule has 0 bridgehead atoms. The highest BCUT2D eigenvalue weighted by Crippen LogP contribution is 2.36. The Morgan fingerprint density at radius 2 is 1.94 bits per heavy atom. The molecule has 0 saturated heterocycles. The number of aryl methyl sites for hydroxylation is 2. The molecule has 6 nitrogen and oxygen atoms in total. The number of halogens is 2. The van der Waals surface area contributed by atoms with Gasteiger partial charge in [-0.05, 0) is 38.1 Å². The Balaban J connectivity index is 2.06. The molecular formula is C24H26F2N6. The van der Waals surface area contributed by atoms with Gasteiger partial charge in [-0.1, -0.05) is 19.9 Å². The highest BCUT2D eigenvalue weighted by Gasteiger charge is 2.41. The highest BCUT2D eigenvalue weighted by molar-refractivity contribution is 6.12. The Kier molecular flexibility index (Phi) is 6.13. The van der Waals surface area contributed by atoms with E-state index in [0.717, 1.165) is 29.3 Å². The number of nitrogens with two attached hydrogens (primary N) is 1. The first-order valence-electron chi connectivity index (χ1n) is 10.1. The Hall–Kier alpha value is -3.60. The van der Waals surface area contributed by atoms with Gasteiger partial charge in [0.2, 0.25) is 0 Å². The quantitative estimate of drug-likeness (QED) is 0.558. The predicted molar refractivity (Wildman–Crippen MR) is 123 cm³/mol. The first-order valence-corrected chi connectivity index (χ1v) is 10.1. The van der Waals surface area contributed by atoms with E-state index in [0.29, 0.717) is 16.8 Å². The first-order chi connectivity index (χ1) is 15.0. The molecule has 166 valence electrons. The van der Waals surface area contributed by atoms with Gasteiger partial charge in [0.05, 0.1) is 16.7 Å². The maximum atomic E-state index is 13.8. The van der Waals surface area contributed by atoms with Gasteiger partial charge in [-0.3, -0.25) is 4.99 Å². The zero-order valence-electron chi connectivity index (χ0n) is 18.8. The number of nitrogens with zero attached hydrogens (tertiary/aromatic N) is 5. The Labute approximate surface area is 186 Å². The van der Waals surface area contributed by atoms with Crippen molar-refractivity contribution in [2.24, 2.45) is 23.2 Å². The molecule has 0 atom stereocenters. The maximum absolute atomic E-state index is 13.8. The summed E-state index contributed by atoms with van der Waals surface area (Å²) in [5, 5.41) is 9.35. The molecule has 32 heavy (non-hydrogen) atoms. The highest BCUT2D eigenvalue weighted by atomic mass is 19.3. The van der Waals surface area contributed by atoms with Gasteiger partial charge in [-0.25, -0.2) is 18.7 Å². The van der Waals surface area contributed by atoms with E-state index in [1.165, 1.54) is 26.3 Å². The summed E-state index contributed by atoms with van der Waals surface area (Å²) in [6.45, 7) is 5.67. The van der Waals surface area contributed by atoms with Crippen molar-refractivity contribution in [3.05, 3.63) is 53.6 Å². The van der Waals surface area contributed by atoms with Crippen molar-refractivity contribution in [2.45, 2.75) is 33.6 Å². The molecular weight excluding hydrogens is 410 g/mol. The van der Waals surface area contributed by atoms with Crippen LogP contribution in [-0.4, -0.2) is 33.2 Å². The summed E-state index contributed by atoms with van der Waals surface area (Å²) in [5.74, 6) is -2.00. The second-order valence-electron chi connectivity index (χ2n) is 8.49. The van der Waals surface area contributed by atoms with Crippen LogP contribution in [0.3, 0.4) is 0 Å². The molecule has 0 aliphatic carbocycles. The zero-order valence-corrected chi connectivity index (χ0v) is 18.8. The molecule has 0 aliphatic rings. The second kappa shape index (κ2) is 8.50. The van der Waals surface area contributed by atoms with Crippen LogP contribution in [0.2, 0.25) is 0 Å². The lowest BCUT2D eigenvalue weighted by molar-refractivity contribution is -0.0828. The minimum atomic E-state index is -2.88. The van der Waals surface area contributed by atoms with Crippen LogP contribution in [0.1, 0.15) is 37.9 Å². The van der Waals surface area contributed by atoms with Crippen molar-refractivity contribution in [2.75, 3.05) is 6.54 Å². The Morgan fingerprint density at radius 1 is 1.22 bits per heavy atom. The summed E-state index contributed by atoms with van der Waals surface area (Å²) < 4.78 is 29.6. The lowest BCUT2D eigenvalue weighted by atomic mass is 9.87. The van der Waals surface area contributed by atoms with Crippen LogP contribution in [-0.2, 0) is 7.05 Å². The summed E-state index contributed by atoms with van der Waals surface area (Å²) in [7, 11) is 1.94. The number of pyridine rings is 1. The van der Waals surface area contributed by atoms with Gasteiger partial charge in [0.25, 0.3) is 5.92 Å². The number of aliphatic imine (C=N–C) groups is 1. The minimum absolute atomic E-state index is 0.0773. The topological polar surface area (TPSA) is 92.9 Å². The summed E-state index contributed by atoms with van der Waals surface area (Å²) >= 11 is 0. The van der Waals surface area contributed by atoms with E-state index in [1.54, 1.807) is 12.1 Å². The number of aromatic nitrogens is 3. The normalized spacial score (nSPS) is 13.1.